The van der Waals surface area contributed by atoms with Crippen molar-refractivity contribution in [3.8, 4) is 0 Å². The van der Waals surface area contributed by atoms with Gasteiger partial charge in [0.15, 0.2) is 4.99 Å². The molecule has 19 heavy (non-hydrogen) atoms. The molecule has 102 valence electrons. The molecular formula is C13H17ClN3OS+. The number of carbonyl (C=O) groups is 1. The van der Waals surface area contributed by atoms with Crippen molar-refractivity contribution in [2.75, 3.05) is 38.5 Å². The van der Waals surface area contributed by atoms with Gasteiger partial charge in [-0.15, -0.1) is 0 Å². The quantitative estimate of drug-likeness (QED) is 0.739. The van der Waals surface area contributed by atoms with Crippen LogP contribution in [0.15, 0.2) is 24.3 Å². The number of hydrogen-bond donors (Lipinski definition) is 2. The highest BCUT2D eigenvalue weighted by Crippen LogP contribution is 2.13. The van der Waals surface area contributed by atoms with Gasteiger partial charge in [-0.3, -0.25) is 4.79 Å². The maximum atomic E-state index is 12.0. The zero-order chi connectivity index (χ0) is 13.8. The van der Waals surface area contributed by atoms with Gasteiger partial charge in [-0.2, -0.15) is 0 Å². The topological polar surface area (TPSA) is 36.8 Å². The van der Waals surface area contributed by atoms with E-state index in [0.29, 0.717) is 15.7 Å². The smallest absolute Gasteiger partial charge is 0.283 e. The number of nitrogens with one attached hydrogen (secondary N) is 2. The molecule has 0 atom stereocenters. The van der Waals surface area contributed by atoms with Crippen molar-refractivity contribution in [3.63, 3.8) is 0 Å². The molecule has 0 spiro atoms. The van der Waals surface area contributed by atoms with Crippen LogP contribution in [0.2, 0.25) is 5.02 Å². The summed E-state index contributed by atoms with van der Waals surface area (Å²) in [7, 11) is 2.15. The predicted molar refractivity (Wildman–Crippen MR) is 80.9 cm³/mol. The lowest BCUT2D eigenvalue weighted by Gasteiger charge is -2.31. The summed E-state index contributed by atoms with van der Waals surface area (Å²) in [6, 6.07) is 6.99. The number of anilines is 1. The third kappa shape index (κ3) is 3.89. The van der Waals surface area contributed by atoms with E-state index in [4.69, 9.17) is 23.8 Å². The first-order valence-corrected chi connectivity index (χ1v) is 7.02. The van der Waals surface area contributed by atoms with Gasteiger partial charge in [0.05, 0.1) is 33.2 Å². The van der Waals surface area contributed by atoms with Crippen LogP contribution in [0, 0.1) is 0 Å². The zero-order valence-electron chi connectivity index (χ0n) is 10.8. The Morgan fingerprint density at radius 2 is 1.89 bits per heavy atom. The van der Waals surface area contributed by atoms with Crippen molar-refractivity contribution >= 4 is 40.4 Å². The van der Waals surface area contributed by atoms with Crippen LogP contribution in [-0.2, 0) is 4.79 Å². The summed E-state index contributed by atoms with van der Waals surface area (Å²) in [5.41, 5.74) is 0.705. The first-order valence-electron chi connectivity index (χ1n) is 6.23. The minimum Gasteiger partial charge on any atom is -0.347 e. The summed E-state index contributed by atoms with van der Waals surface area (Å²) in [4.78, 5) is 15.8. The highest BCUT2D eigenvalue weighted by atomic mass is 35.5. The minimum atomic E-state index is -0.225. The Morgan fingerprint density at radius 3 is 2.47 bits per heavy atom. The largest absolute Gasteiger partial charge is 0.347 e. The fraction of sp³-hybridized carbons (Fsp3) is 0.385. The van der Waals surface area contributed by atoms with Crippen LogP contribution in [0.25, 0.3) is 0 Å². The van der Waals surface area contributed by atoms with E-state index >= 15 is 0 Å². The SMILES string of the molecule is C[NH+]1CCN(C(=S)C(=O)Nc2ccc(Cl)cc2)CC1. The van der Waals surface area contributed by atoms with E-state index in [0.717, 1.165) is 26.2 Å². The highest BCUT2D eigenvalue weighted by Gasteiger charge is 2.23. The molecule has 0 saturated carbocycles. The average Bonchev–Trinajstić information content (AvgIpc) is 2.41. The molecule has 1 aliphatic rings. The Bertz CT molecular complexity index is 469. The number of quaternary nitrogens is 1. The van der Waals surface area contributed by atoms with E-state index in [1.165, 1.54) is 4.90 Å². The maximum Gasteiger partial charge on any atom is 0.283 e. The monoisotopic (exact) mass is 298 g/mol. The lowest BCUT2D eigenvalue weighted by atomic mass is 10.3. The van der Waals surface area contributed by atoms with Crippen LogP contribution >= 0.6 is 23.8 Å². The molecular weight excluding hydrogens is 282 g/mol. The predicted octanol–water partition coefficient (Wildman–Crippen LogP) is 0.436. The molecule has 1 aliphatic heterocycles. The first kappa shape index (κ1) is 14.2. The van der Waals surface area contributed by atoms with Gasteiger partial charge < -0.3 is 15.1 Å². The average molecular weight is 299 g/mol. The third-order valence-electron chi connectivity index (χ3n) is 3.20. The van der Waals surface area contributed by atoms with E-state index in [2.05, 4.69) is 12.4 Å². The summed E-state index contributed by atoms with van der Waals surface area (Å²) >= 11 is 11.0. The van der Waals surface area contributed by atoms with Crippen molar-refractivity contribution in [2.24, 2.45) is 0 Å². The van der Waals surface area contributed by atoms with Crippen LogP contribution in [0.1, 0.15) is 0 Å². The van der Waals surface area contributed by atoms with Crippen LogP contribution in [0.3, 0.4) is 0 Å². The third-order valence-corrected chi connectivity index (χ3v) is 3.90. The number of amides is 1. The maximum absolute atomic E-state index is 12.0. The fourth-order valence-corrected chi connectivity index (χ4v) is 2.31. The van der Waals surface area contributed by atoms with Gasteiger partial charge in [0.2, 0.25) is 0 Å². The van der Waals surface area contributed by atoms with Crippen LogP contribution < -0.4 is 10.2 Å². The molecule has 2 rings (SSSR count). The van der Waals surface area contributed by atoms with Crippen LogP contribution in [0.5, 0.6) is 0 Å². The summed E-state index contributed by atoms with van der Waals surface area (Å²) in [5, 5.41) is 3.43. The van der Waals surface area contributed by atoms with E-state index < -0.39 is 0 Å². The van der Waals surface area contributed by atoms with Gasteiger partial charge in [-0.05, 0) is 24.3 Å². The molecule has 0 unspecified atom stereocenters. The normalized spacial score (nSPS) is 16.2. The van der Waals surface area contributed by atoms with Gasteiger partial charge in [-0.25, -0.2) is 0 Å². The molecule has 1 aromatic rings. The number of nitrogens with zero attached hydrogens (tertiary/aromatic N) is 1. The summed E-state index contributed by atoms with van der Waals surface area (Å²) in [6.45, 7) is 3.68. The summed E-state index contributed by atoms with van der Waals surface area (Å²) < 4.78 is 0. The molecule has 0 aliphatic carbocycles. The van der Waals surface area contributed by atoms with Gasteiger partial charge in [0.25, 0.3) is 5.91 Å². The molecule has 6 heteroatoms. The zero-order valence-corrected chi connectivity index (χ0v) is 12.4. The number of likely N-dealkylation sites (N-methyl/N-ethyl adjacent to an activating group) is 1. The number of rotatable bonds is 1. The Morgan fingerprint density at radius 1 is 1.32 bits per heavy atom. The van der Waals surface area contributed by atoms with Crippen molar-refractivity contribution < 1.29 is 9.69 Å². The van der Waals surface area contributed by atoms with Gasteiger partial charge >= 0.3 is 0 Å². The lowest BCUT2D eigenvalue weighted by Crippen LogP contribution is -3.12. The van der Waals surface area contributed by atoms with Gasteiger partial charge in [-0.1, -0.05) is 23.8 Å². The standard InChI is InChI=1S/C13H16ClN3OS/c1-16-6-8-17(9-7-16)13(19)12(18)15-11-4-2-10(14)3-5-11/h2-5H,6-9H2,1H3,(H,15,18)/p+1. The molecule has 1 aromatic carbocycles. The second kappa shape index (κ2) is 6.32. The Kier molecular flexibility index (Phi) is 4.74. The summed E-state index contributed by atoms with van der Waals surface area (Å²) in [6.07, 6.45) is 0. The lowest BCUT2D eigenvalue weighted by molar-refractivity contribution is -0.883. The Balaban J connectivity index is 1.92. The highest BCUT2D eigenvalue weighted by molar-refractivity contribution is 7.82. The molecule has 1 amide bonds. The number of piperazine rings is 1. The van der Waals surface area contributed by atoms with Gasteiger partial charge in [0.1, 0.15) is 0 Å². The van der Waals surface area contributed by atoms with Crippen LogP contribution in [0.4, 0.5) is 5.69 Å². The molecule has 1 fully saturated rings. The van der Waals surface area contributed by atoms with E-state index in [9.17, 15) is 4.79 Å². The molecule has 0 aromatic heterocycles. The first-order chi connectivity index (χ1) is 9.06. The number of carbonyl (C=O) groups excluding carboxylic acids is 1. The number of thiocarbonyl (C=S) groups is 1. The molecule has 1 heterocycles. The van der Waals surface area contributed by atoms with Crippen molar-refractivity contribution in [1.29, 1.82) is 0 Å². The molecule has 0 radical (unpaired) electrons. The van der Waals surface area contributed by atoms with Gasteiger partial charge in [0, 0.05) is 10.7 Å². The van der Waals surface area contributed by atoms with E-state index in [1.807, 2.05) is 4.90 Å². The van der Waals surface area contributed by atoms with E-state index in [1.54, 1.807) is 24.3 Å². The number of benzene rings is 1. The minimum absolute atomic E-state index is 0.225. The summed E-state index contributed by atoms with van der Waals surface area (Å²) in [5.74, 6) is -0.225. The Hall–Kier alpha value is -1.17. The number of hydrogen-bond acceptors (Lipinski definition) is 2. The van der Waals surface area contributed by atoms with Crippen LogP contribution in [-0.4, -0.2) is 49.0 Å². The molecule has 1 saturated heterocycles. The van der Waals surface area contributed by atoms with Crippen molar-refractivity contribution in [3.05, 3.63) is 29.3 Å². The number of halogens is 1. The van der Waals surface area contributed by atoms with E-state index in [-0.39, 0.29) is 5.91 Å². The molecule has 0 bridgehead atoms. The second-order valence-electron chi connectivity index (χ2n) is 4.71. The van der Waals surface area contributed by atoms with Crippen molar-refractivity contribution in [1.82, 2.24) is 4.90 Å². The molecule has 2 N–H and O–H groups in total. The molecule has 4 nitrogen and oxygen atoms in total. The second-order valence-corrected chi connectivity index (χ2v) is 5.53. The fourth-order valence-electron chi connectivity index (χ4n) is 1.95. The van der Waals surface area contributed by atoms with Crippen molar-refractivity contribution in [2.45, 2.75) is 0 Å². The Labute approximate surface area is 123 Å².